The van der Waals surface area contributed by atoms with Crippen molar-refractivity contribution < 1.29 is 4.79 Å². The number of aromatic nitrogens is 4. The van der Waals surface area contributed by atoms with Gasteiger partial charge in [0.05, 0.1) is 23.0 Å². The van der Waals surface area contributed by atoms with Gasteiger partial charge in [-0.2, -0.15) is 14.8 Å². The number of anilines is 1. The number of carbonyl (C=O) groups excluding carboxylic acids is 1. The van der Waals surface area contributed by atoms with Gasteiger partial charge in [0, 0.05) is 30.6 Å². The van der Waals surface area contributed by atoms with Gasteiger partial charge < -0.3 is 11.1 Å². The minimum absolute atomic E-state index is 0.432. The number of nitrogens with zero attached hydrogens (tertiary/aromatic N) is 5. The maximum Gasteiger partial charge on any atom is 0.253 e. The third-order valence-corrected chi connectivity index (χ3v) is 5.30. The van der Waals surface area contributed by atoms with Crippen LogP contribution in [0.5, 0.6) is 0 Å². The van der Waals surface area contributed by atoms with E-state index >= 15 is 0 Å². The summed E-state index contributed by atoms with van der Waals surface area (Å²) in [7, 11) is 2.06. The largest absolute Gasteiger partial charge is 0.366 e. The lowest BCUT2D eigenvalue weighted by molar-refractivity contribution is 0.100. The van der Waals surface area contributed by atoms with Gasteiger partial charge in [-0.25, -0.2) is 4.98 Å². The Morgan fingerprint density at radius 1 is 1.10 bits per heavy atom. The molecule has 3 heterocycles. The summed E-state index contributed by atoms with van der Waals surface area (Å²) in [6.45, 7) is 2.20. The predicted molar refractivity (Wildman–Crippen MR) is 114 cm³/mol. The molecule has 2 aromatic carbocycles. The number of hydrogen-bond donors (Lipinski definition) is 2. The van der Waals surface area contributed by atoms with Gasteiger partial charge in [-0.05, 0) is 24.7 Å². The highest BCUT2D eigenvalue weighted by molar-refractivity contribution is 6.05. The van der Waals surface area contributed by atoms with Crippen molar-refractivity contribution in [2.24, 2.45) is 5.73 Å². The van der Waals surface area contributed by atoms with Crippen molar-refractivity contribution in [1.29, 1.82) is 0 Å². The molecule has 0 unspecified atom stereocenters. The van der Waals surface area contributed by atoms with Crippen LogP contribution in [0.25, 0.3) is 16.9 Å². The number of hydrogen-bond acceptors (Lipinski definition) is 6. The van der Waals surface area contributed by atoms with Gasteiger partial charge in [-0.1, -0.05) is 36.4 Å². The van der Waals surface area contributed by atoms with Crippen LogP contribution in [0.4, 0.5) is 5.82 Å². The molecule has 1 aliphatic heterocycles. The van der Waals surface area contributed by atoms with Crippen LogP contribution >= 0.6 is 0 Å². The normalized spacial score (nSPS) is 13.5. The lowest BCUT2D eigenvalue weighted by atomic mass is 10.1. The molecule has 0 spiro atoms. The van der Waals surface area contributed by atoms with Gasteiger partial charge in [0.2, 0.25) is 5.91 Å². The van der Waals surface area contributed by atoms with Gasteiger partial charge in [-0.3, -0.25) is 9.69 Å². The topological polar surface area (TPSA) is 102 Å². The van der Waals surface area contributed by atoms with Gasteiger partial charge >= 0.3 is 0 Å². The molecule has 0 fully saturated rings. The first-order chi connectivity index (χ1) is 14.6. The van der Waals surface area contributed by atoms with Crippen LogP contribution < -0.4 is 11.1 Å². The molecule has 30 heavy (non-hydrogen) atoms. The number of nitrogens with one attached hydrogen (secondary N) is 1. The fourth-order valence-corrected chi connectivity index (χ4v) is 3.84. The standard InChI is InChI=1S/C22H21N7O/c1-28-12-17-18(13-28)26-22(27-21(17)24-10-14-6-3-2-4-7-14)29-19-9-5-8-15(20(23)30)16(19)11-25-29/h2-9,11H,10,12-13H2,1H3,(H2,23,30)(H,24,26,27). The van der Waals surface area contributed by atoms with E-state index < -0.39 is 5.91 Å². The molecule has 0 bridgehead atoms. The van der Waals surface area contributed by atoms with Crippen LogP contribution in [0.2, 0.25) is 0 Å². The lowest BCUT2D eigenvalue weighted by Gasteiger charge is -2.12. The summed E-state index contributed by atoms with van der Waals surface area (Å²) < 4.78 is 1.66. The second-order valence-electron chi connectivity index (χ2n) is 7.47. The molecule has 5 rings (SSSR count). The van der Waals surface area contributed by atoms with Crippen LogP contribution in [-0.2, 0) is 19.6 Å². The van der Waals surface area contributed by atoms with Crippen molar-refractivity contribution in [2.45, 2.75) is 19.6 Å². The number of rotatable bonds is 5. The van der Waals surface area contributed by atoms with Crippen LogP contribution in [0.3, 0.4) is 0 Å². The van der Waals surface area contributed by atoms with Crippen molar-refractivity contribution in [3.05, 3.63) is 77.1 Å². The fourth-order valence-electron chi connectivity index (χ4n) is 3.84. The Morgan fingerprint density at radius 3 is 2.73 bits per heavy atom. The summed E-state index contributed by atoms with van der Waals surface area (Å²) in [4.78, 5) is 23.5. The van der Waals surface area contributed by atoms with Crippen molar-refractivity contribution in [1.82, 2.24) is 24.6 Å². The first-order valence-corrected chi connectivity index (χ1v) is 9.73. The molecule has 2 aromatic heterocycles. The Hall–Kier alpha value is -3.78. The molecule has 150 valence electrons. The molecule has 1 aliphatic rings. The summed E-state index contributed by atoms with van der Waals surface area (Å²) in [5, 5.41) is 8.61. The van der Waals surface area contributed by atoms with E-state index in [2.05, 4.69) is 34.5 Å². The molecule has 8 nitrogen and oxygen atoms in total. The Kier molecular flexibility index (Phi) is 4.40. The smallest absolute Gasteiger partial charge is 0.253 e. The van der Waals surface area contributed by atoms with E-state index in [0.717, 1.165) is 35.7 Å². The minimum Gasteiger partial charge on any atom is -0.366 e. The van der Waals surface area contributed by atoms with Crippen LogP contribution in [0, 0.1) is 0 Å². The van der Waals surface area contributed by atoms with E-state index in [9.17, 15) is 4.79 Å². The summed E-state index contributed by atoms with van der Waals surface area (Å²) in [6.07, 6.45) is 1.63. The molecule has 0 atom stereocenters. The zero-order chi connectivity index (χ0) is 20.7. The van der Waals surface area contributed by atoms with Crippen molar-refractivity contribution >= 4 is 22.6 Å². The van der Waals surface area contributed by atoms with Gasteiger partial charge in [0.1, 0.15) is 5.82 Å². The fraction of sp³-hybridized carbons (Fsp3) is 0.182. The van der Waals surface area contributed by atoms with Crippen molar-refractivity contribution in [3.8, 4) is 5.95 Å². The van der Waals surface area contributed by atoms with E-state index in [4.69, 9.17) is 15.7 Å². The van der Waals surface area contributed by atoms with Crippen LogP contribution in [0.1, 0.15) is 27.2 Å². The molecule has 0 saturated heterocycles. The highest BCUT2D eigenvalue weighted by atomic mass is 16.1. The quantitative estimate of drug-likeness (QED) is 0.535. The molecule has 3 N–H and O–H groups in total. The molecule has 0 radical (unpaired) electrons. The van der Waals surface area contributed by atoms with Crippen molar-refractivity contribution in [2.75, 3.05) is 12.4 Å². The zero-order valence-corrected chi connectivity index (χ0v) is 16.5. The summed E-state index contributed by atoms with van der Waals surface area (Å²) in [5.41, 5.74) is 9.94. The Labute approximate surface area is 173 Å². The molecule has 8 heteroatoms. The molecule has 4 aromatic rings. The maximum atomic E-state index is 11.8. The molecule has 1 amide bonds. The number of carbonyl (C=O) groups is 1. The monoisotopic (exact) mass is 399 g/mol. The summed E-state index contributed by atoms with van der Waals surface area (Å²) in [6, 6.07) is 15.6. The van der Waals surface area contributed by atoms with E-state index in [0.29, 0.717) is 23.4 Å². The number of benzene rings is 2. The Balaban J connectivity index is 1.58. The van der Waals surface area contributed by atoms with Gasteiger partial charge in [0.15, 0.2) is 0 Å². The zero-order valence-electron chi connectivity index (χ0n) is 16.5. The summed E-state index contributed by atoms with van der Waals surface area (Å²) >= 11 is 0. The summed E-state index contributed by atoms with van der Waals surface area (Å²) in [5.74, 6) is 0.788. The average Bonchev–Trinajstić information content (AvgIpc) is 3.35. The van der Waals surface area contributed by atoms with E-state index in [-0.39, 0.29) is 0 Å². The minimum atomic E-state index is -0.484. The predicted octanol–water partition coefficient (Wildman–Crippen LogP) is 2.47. The van der Waals surface area contributed by atoms with Gasteiger partial charge in [0.25, 0.3) is 5.95 Å². The maximum absolute atomic E-state index is 11.8. The third kappa shape index (κ3) is 3.17. The molecule has 0 saturated carbocycles. The molecular formula is C22H21N7O. The molecular weight excluding hydrogens is 378 g/mol. The first kappa shape index (κ1) is 18.3. The highest BCUT2D eigenvalue weighted by Crippen LogP contribution is 2.28. The first-order valence-electron chi connectivity index (χ1n) is 9.73. The number of nitrogens with two attached hydrogens (primary N) is 1. The Bertz CT molecular complexity index is 1250. The van der Waals surface area contributed by atoms with Crippen LogP contribution in [-0.4, -0.2) is 37.6 Å². The second-order valence-corrected chi connectivity index (χ2v) is 7.47. The van der Waals surface area contributed by atoms with E-state index in [1.807, 2.05) is 24.3 Å². The lowest BCUT2D eigenvalue weighted by Crippen LogP contribution is -2.12. The number of amides is 1. The second kappa shape index (κ2) is 7.23. The van der Waals surface area contributed by atoms with Crippen LogP contribution in [0.15, 0.2) is 54.7 Å². The van der Waals surface area contributed by atoms with Gasteiger partial charge in [-0.15, -0.1) is 0 Å². The Morgan fingerprint density at radius 2 is 1.93 bits per heavy atom. The number of fused-ring (bicyclic) bond motifs is 2. The third-order valence-electron chi connectivity index (χ3n) is 5.30. The average molecular weight is 399 g/mol. The molecule has 0 aliphatic carbocycles. The SMILES string of the molecule is CN1Cc2nc(-n3ncc4c(C(N)=O)cccc43)nc(NCc3ccccc3)c2C1. The highest BCUT2D eigenvalue weighted by Gasteiger charge is 2.24. The van der Waals surface area contributed by atoms with E-state index in [1.54, 1.807) is 23.0 Å². The van der Waals surface area contributed by atoms with Crippen molar-refractivity contribution in [3.63, 3.8) is 0 Å². The van der Waals surface area contributed by atoms with E-state index in [1.165, 1.54) is 5.56 Å². The number of primary amides is 1.